The van der Waals surface area contributed by atoms with Crippen LogP contribution >= 0.6 is 11.6 Å². The van der Waals surface area contributed by atoms with E-state index in [1.54, 1.807) is 0 Å². The molecule has 2 heterocycles. The van der Waals surface area contributed by atoms with Crippen molar-refractivity contribution >= 4 is 40.8 Å². The molecule has 2 amide bonds. The van der Waals surface area contributed by atoms with Gasteiger partial charge in [-0.3, -0.25) is 15.0 Å². The molecule has 7 nitrogen and oxygen atoms in total. The normalized spacial score (nSPS) is 13.3. The van der Waals surface area contributed by atoms with Crippen molar-refractivity contribution in [3.8, 4) is 0 Å². The first-order valence-electron chi connectivity index (χ1n) is 11.0. The third kappa shape index (κ3) is 5.81. The second-order valence-corrected chi connectivity index (χ2v) is 8.49. The summed E-state index contributed by atoms with van der Waals surface area (Å²) in [5, 5.41) is 13.7. The van der Waals surface area contributed by atoms with Gasteiger partial charge in [-0.2, -0.15) is 0 Å². The summed E-state index contributed by atoms with van der Waals surface area (Å²) in [6, 6.07) is 10.2. The van der Waals surface area contributed by atoms with E-state index in [2.05, 4.69) is 15.6 Å². The van der Waals surface area contributed by atoms with E-state index in [0.717, 1.165) is 50.6 Å². The summed E-state index contributed by atoms with van der Waals surface area (Å²) in [4.78, 5) is 31.4. The third-order valence-corrected chi connectivity index (χ3v) is 5.83. The van der Waals surface area contributed by atoms with Gasteiger partial charge >= 0.3 is 0 Å². The molecule has 3 aromatic rings. The molecule has 0 bridgehead atoms. The number of aromatic nitrogens is 1. The van der Waals surface area contributed by atoms with Crippen molar-refractivity contribution in [2.45, 2.75) is 19.3 Å². The molecule has 0 atom stereocenters. The number of hydrogen-bond acceptors (Lipinski definition) is 4. The van der Waals surface area contributed by atoms with E-state index >= 15 is 0 Å². The van der Waals surface area contributed by atoms with Crippen LogP contribution in [0.5, 0.6) is 0 Å². The van der Waals surface area contributed by atoms with Crippen LogP contribution in [0, 0.1) is 17.0 Å². The summed E-state index contributed by atoms with van der Waals surface area (Å²) < 4.78 is 28.7. The van der Waals surface area contributed by atoms with Crippen molar-refractivity contribution in [3.05, 3.63) is 88.1 Å². The molecule has 1 fully saturated rings. The minimum absolute atomic E-state index is 0.00704. The van der Waals surface area contributed by atoms with Crippen LogP contribution in [0.2, 0.25) is 5.02 Å². The number of anilines is 2. The number of nitrogens with one attached hydrogen (secondary N) is 3. The van der Waals surface area contributed by atoms with Crippen molar-refractivity contribution in [3.63, 3.8) is 0 Å². The Morgan fingerprint density at radius 1 is 0.914 bits per heavy atom. The molecule has 1 aliphatic rings. The van der Waals surface area contributed by atoms with E-state index in [1.165, 1.54) is 36.5 Å². The number of hydrogen-bond donors (Lipinski definition) is 3. The van der Waals surface area contributed by atoms with Gasteiger partial charge in [0, 0.05) is 24.8 Å². The number of benzene rings is 2. The van der Waals surface area contributed by atoms with Crippen LogP contribution in [0.25, 0.3) is 0 Å². The second-order valence-electron chi connectivity index (χ2n) is 8.05. The predicted molar refractivity (Wildman–Crippen MR) is 130 cm³/mol. The molecule has 3 N–H and O–H groups in total. The molecule has 0 unspecified atom stereocenters. The summed E-state index contributed by atoms with van der Waals surface area (Å²) in [6.45, 7) is 1.48. The van der Waals surface area contributed by atoms with Gasteiger partial charge < -0.3 is 15.5 Å². The number of likely N-dealkylation sites (tertiary alicyclic amines) is 1. The summed E-state index contributed by atoms with van der Waals surface area (Å²) in [5.74, 6) is -2.64. The Morgan fingerprint density at radius 3 is 2.34 bits per heavy atom. The zero-order chi connectivity index (χ0) is 24.9. The molecule has 35 heavy (non-hydrogen) atoms. The minimum Gasteiger partial charge on any atom is -0.357 e. The van der Waals surface area contributed by atoms with Gasteiger partial charge in [0.05, 0.1) is 21.8 Å². The predicted octanol–water partition coefficient (Wildman–Crippen LogP) is 5.33. The molecular weight excluding hydrogens is 476 g/mol. The van der Waals surface area contributed by atoms with Crippen molar-refractivity contribution in [1.82, 2.24) is 9.88 Å². The average molecular weight is 498 g/mol. The van der Waals surface area contributed by atoms with Gasteiger partial charge in [-0.15, -0.1) is 0 Å². The molecule has 2 aromatic carbocycles. The molecule has 1 aromatic heterocycles. The standard InChI is InChI=1S/C25H22ClF2N5O2/c26-16-5-9-22(30-14-16)32-25(35)19-13-17(27)6-8-21(19)31-24(34)18-7-4-15(12-20(18)28)23(29)33-10-2-1-3-11-33/h4-9,12-14,29H,1-3,10-11H2,(H,31,34)(H,30,32,35). The molecule has 4 rings (SSSR count). The fourth-order valence-corrected chi connectivity index (χ4v) is 3.89. The first-order chi connectivity index (χ1) is 16.8. The average Bonchev–Trinajstić information content (AvgIpc) is 2.86. The Hall–Kier alpha value is -3.85. The lowest BCUT2D eigenvalue weighted by atomic mass is 10.1. The Morgan fingerprint density at radius 2 is 1.66 bits per heavy atom. The maximum atomic E-state index is 14.8. The number of nitrogens with zero attached hydrogens (tertiary/aromatic N) is 2. The van der Waals surface area contributed by atoms with Crippen LogP contribution in [0.1, 0.15) is 45.5 Å². The smallest absolute Gasteiger partial charge is 0.259 e. The summed E-state index contributed by atoms with van der Waals surface area (Å²) in [5.41, 5.74) is -0.0695. The molecule has 1 aliphatic heterocycles. The van der Waals surface area contributed by atoms with Crippen molar-refractivity contribution in [2.75, 3.05) is 23.7 Å². The highest BCUT2D eigenvalue weighted by molar-refractivity contribution is 6.30. The van der Waals surface area contributed by atoms with Gasteiger partial charge in [-0.05, 0) is 61.7 Å². The Labute approximate surface area is 205 Å². The van der Waals surface area contributed by atoms with Crippen LogP contribution in [-0.4, -0.2) is 40.6 Å². The van der Waals surface area contributed by atoms with Crippen LogP contribution in [0.15, 0.2) is 54.7 Å². The van der Waals surface area contributed by atoms with Gasteiger partial charge in [-0.1, -0.05) is 17.7 Å². The number of rotatable bonds is 5. The number of carbonyl (C=O) groups is 2. The highest BCUT2D eigenvalue weighted by atomic mass is 35.5. The van der Waals surface area contributed by atoms with Gasteiger partial charge in [-0.25, -0.2) is 13.8 Å². The molecule has 10 heteroatoms. The molecule has 0 saturated carbocycles. The fourth-order valence-electron chi connectivity index (χ4n) is 3.78. The molecule has 180 valence electrons. The summed E-state index contributed by atoms with van der Waals surface area (Å²) in [7, 11) is 0. The second kappa shape index (κ2) is 10.6. The molecule has 0 aliphatic carbocycles. The SMILES string of the molecule is N=C(c1ccc(C(=O)Nc2ccc(F)cc2C(=O)Nc2ccc(Cl)cn2)c(F)c1)N1CCCCC1. The van der Waals surface area contributed by atoms with Gasteiger partial charge in [0.25, 0.3) is 11.8 Å². The van der Waals surface area contributed by atoms with E-state index in [4.69, 9.17) is 17.0 Å². The van der Waals surface area contributed by atoms with E-state index in [9.17, 15) is 18.4 Å². The van der Waals surface area contributed by atoms with E-state index in [1.807, 2.05) is 4.90 Å². The highest BCUT2D eigenvalue weighted by Gasteiger charge is 2.20. The number of amides is 2. The topological polar surface area (TPSA) is 98.2 Å². The van der Waals surface area contributed by atoms with Crippen LogP contribution in [0.4, 0.5) is 20.3 Å². The lowest BCUT2D eigenvalue weighted by Crippen LogP contribution is -2.35. The molecular formula is C25H22ClF2N5O2. The van der Waals surface area contributed by atoms with E-state index in [-0.39, 0.29) is 28.5 Å². The zero-order valence-corrected chi connectivity index (χ0v) is 19.3. The van der Waals surface area contributed by atoms with E-state index < -0.39 is 23.4 Å². The largest absolute Gasteiger partial charge is 0.357 e. The Bertz CT molecular complexity index is 1280. The Kier molecular flexibility index (Phi) is 7.36. The number of amidine groups is 1. The first kappa shape index (κ1) is 24.3. The monoisotopic (exact) mass is 497 g/mol. The first-order valence-corrected chi connectivity index (χ1v) is 11.4. The molecule has 0 radical (unpaired) electrons. The quantitative estimate of drug-likeness (QED) is 0.328. The van der Waals surface area contributed by atoms with Crippen molar-refractivity contribution in [1.29, 1.82) is 5.41 Å². The maximum Gasteiger partial charge on any atom is 0.259 e. The number of pyridine rings is 1. The zero-order valence-electron chi connectivity index (χ0n) is 18.6. The lowest BCUT2D eigenvalue weighted by Gasteiger charge is -2.29. The summed E-state index contributed by atoms with van der Waals surface area (Å²) in [6.07, 6.45) is 4.40. The van der Waals surface area contributed by atoms with Gasteiger partial charge in [0.2, 0.25) is 0 Å². The summed E-state index contributed by atoms with van der Waals surface area (Å²) >= 11 is 5.79. The maximum absolute atomic E-state index is 14.8. The van der Waals surface area contributed by atoms with Gasteiger partial charge in [0.15, 0.2) is 0 Å². The molecule has 1 saturated heterocycles. The number of halogens is 3. The van der Waals surface area contributed by atoms with Crippen molar-refractivity contribution < 1.29 is 18.4 Å². The lowest BCUT2D eigenvalue weighted by molar-refractivity contribution is 0.102. The van der Waals surface area contributed by atoms with Crippen LogP contribution in [0.3, 0.4) is 0 Å². The third-order valence-electron chi connectivity index (χ3n) is 5.60. The van der Waals surface area contributed by atoms with Crippen LogP contribution < -0.4 is 10.6 Å². The number of carbonyl (C=O) groups excluding carboxylic acids is 2. The van der Waals surface area contributed by atoms with E-state index in [0.29, 0.717) is 10.6 Å². The van der Waals surface area contributed by atoms with Crippen LogP contribution in [-0.2, 0) is 0 Å². The van der Waals surface area contributed by atoms with Gasteiger partial charge in [0.1, 0.15) is 23.3 Å². The molecule has 0 spiro atoms. The minimum atomic E-state index is -0.816. The highest BCUT2D eigenvalue weighted by Crippen LogP contribution is 2.22. The fraction of sp³-hybridized carbons (Fsp3) is 0.200. The number of piperidine rings is 1. The van der Waals surface area contributed by atoms with Crippen molar-refractivity contribution in [2.24, 2.45) is 0 Å². The Balaban J connectivity index is 1.52.